The first-order valence-electron chi connectivity index (χ1n) is 8.34. The molecule has 2 rings (SSSR count). The van der Waals surface area contributed by atoms with Gasteiger partial charge in [-0.2, -0.15) is 0 Å². The summed E-state index contributed by atoms with van der Waals surface area (Å²) in [5, 5.41) is 9.74. The van der Waals surface area contributed by atoms with E-state index in [0.717, 1.165) is 5.56 Å². The van der Waals surface area contributed by atoms with Crippen molar-refractivity contribution >= 4 is 33.9 Å². The zero-order valence-electron chi connectivity index (χ0n) is 14.5. The van der Waals surface area contributed by atoms with Gasteiger partial charge in [0, 0.05) is 18.0 Å². The van der Waals surface area contributed by atoms with E-state index in [1.807, 2.05) is 0 Å². The first-order valence-corrected chi connectivity index (χ1v) is 10.2. The molecule has 1 atom stereocenters. The van der Waals surface area contributed by atoms with Crippen molar-refractivity contribution in [1.82, 2.24) is 4.72 Å². The largest absolute Gasteiger partial charge is 0.481 e. The van der Waals surface area contributed by atoms with Gasteiger partial charge >= 0.3 is 5.97 Å². The van der Waals surface area contributed by atoms with Crippen LogP contribution in [0.1, 0.15) is 29.9 Å². The fourth-order valence-electron chi connectivity index (χ4n) is 2.61. The summed E-state index contributed by atoms with van der Waals surface area (Å²) in [6.45, 7) is 0.206. The van der Waals surface area contributed by atoms with Crippen molar-refractivity contribution in [3.8, 4) is 0 Å². The average Bonchev–Trinajstić information content (AvgIpc) is 2.63. The van der Waals surface area contributed by atoms with Crippen molar-refractivity contribution in [2.45, 2.75) is 30.1 Å². The van der Waals surface area contributed by atoms with Gasteiger partial charge in [0.25, 0.3) is 0 Å². The normalized spacial score (nSPS) is 12.5. The van der Waals surface area contributed by atoms with Gasteiger partial charge in [0.1, 0.15) is 6.29 Å². The molecule has 2 aromatic rings. The minimum atomic E-state index is -3.61. The highest BCUT2D eigenvalue weighted by Gasteiger charge is 2.19. The smallest absolute Gasteiger partial charge is 0.310 e. The van der Waals surface area contributed by atoms with Crippen molar-refractivity contribution in [3.05, 3.63) is 64.7 Å². The van der Waals surface area contributed by atoms with Gasteiger partial charge in [0.2, 0.25) is 10.0 Å². The molecule has 0 heterocycles. The van der Waals surface area contributed by atoms with Crippen LogP contribution >= 0.6 is 11.6 Å². The Hall–Kier alpha value is -2.22. The third-order valence-electron chi connectivity index (χ3n) is 4.08. The molecule has 8 heteroatoms. The molecule has 0 spiro atoms. The van der Waals surface area contributed by atoms with Gasteiger partial charge in [-0.1, -0.05) is 35.9 Å². The van der Waals surface area contributed by atoms with Crippen molar-refractivity contribution in [3.63, 3.8) is 0 Å². The topological polar surface area (TPSA) is 101 Å². The average molecular weight is 410 g/mol. The minimum Gasteiger partial charge on any atom is -0.481 e. The summed E-state index contributed by atoms with van der Waals surface area (Å²) in [7, 11) is -3.61. The van der Waals surface area contributed by atoms with Crippen LogP contribution in [-0.4, -0.2) is 32.3 Å². The second-order valence-corrected chi connectivity index (χ2v) is 8.18. The van der Waals surface area contributed by atoms with Crippen LogP contribution in [0.15, 0.2) is 53.4 Å². The fourth-order valence-corrected chi connectivity index (χ4v) is 3.77. The van der Waals surface area contributed by atoms with Crippen LogP contribution < -0.4 is 4.72 Å². The molecule has 1 unspecified atom stereocenters. The molecule has 0 aromatic heterocycles. The SMILES string of the molecule is O=CCCC(C(=O)O)c1ccc(CCNS(=O)(=O)c2ccc(Cl)cc2)cc1. The standard InChI is InChI=1S/C19H20ClNO5S/c20-16-7-9-17(10-8-16)27(25,26)21-12-11-14-3-5-15(6-4-14)18(19(23)24)2-1-13-22/h3-10,13,18,21H,1-2,11-12H2,(H,23,24). The summed E-state index contributed by atoms with van der Waals surface area (Å²) in [5.41, 5.74) is 1.49. The lowest BCUT2D eigenvalue weighted by Gasteiger charge is -2.12. The Balaban J connectivity index is 1.95. The molecule has 0 saturated carbocycles. The molecule has 0 fully saturated rings. The Morgan fingerprint density at radius 3 is 2.30 bits per heavy atom. The van der Waals surface area contributed by atoms with E-state index >= 15 is 0 Å². The summed E-state index contributed by atoms with van der Waals surface area (Å²) in [4.78, 5) is 21.9. The van der Waals surface area contributed by atoms with Crippen molar-refractivity contribution < 1.29 is 23.1 Å². The summed E-state index contributed by atoms with van der Waals surface area (Å²) in [6.07, 6.45) is 1.60. The molecule has 144 valence electrons. The first kappa shape index (κ1) is 21.1. The number of carbonyl (C=O) groups is 2. The van der Waals surface area contributed by atoms with Crippen LogP contribution in [0.2, 0.25) is 5.02 Å². The summed E-state index contributed by atoms with van der Waals surface area (Å²) >= 11 is 5.76. The van der Waals surface area contributed by atoms with E-state index in [1.165, 1.54) is 24.3 Å². The van der Waals surface area contributed by atoms with Crippen molar-refractivity contribution in [2.75, 3.05) is 6.54 Å². The molecule has 0 aliphatic carbocycles. The molecular formula is C19H20ClNO5S. The van der Waals surface area contributed by atoms with Gasteiger partial charge < -0.3 is 9.90 Å². The molecule has 0 aliphatic rings. The van der Waals surface area contributed by atoms with Crippen LogP contribution in [0.5, 0.6) is 0 Å². The zero-order chi connectivity index (χ0) is 19.9. The lowest BCUT2D eigenvalue weighted by Crippen LogP contribution is -2.26. The second kappa shape index (κ2) is 9.64. The molecule has 27 heavy (non-hydrogen) atoms. The number of carbonyl (C=O) groups excluding carboxylic acids is 1. The lowest BCUT2D eigenvalue weighted by atomic mass is 9.93. The van der Waals surface area contributed by atoms with Crippen LogP contribution in [0, 0.1) is 0 Å². The number of aliphatic carboxylic acids is 1. The molecule has 0 radical (unpaired) electrons. The highest BCUT2D eigenvalue weighted by Crippen LogP contribution is 2.22. The highest BCUT2D eigenvalue weighted by molar-refractivity contribution is 7.89. The van der Waals surface area contributed by atoms with E-state index in [0.29, 0.717) is 23.3 Å². The van der Waals surface area contributed by atoms with Crippen LogP contribution in [0.4, 0.5) is 0 Å². The predicted molar refractivity (Wildman–Crippen MR) is 102 cm³/mol. The van der Waals surface area contributed by atoms with E-state index < -0.39 is 21.9 Å². The maximum atomic E-state index is 12.2. The number of aldehydes is 1. The summed E-state index contributed by atoms with van der Waals surface area (Å²) in [6, 6.07) is 12.8. The molecule has 6 nitrogen and oxygen atoms in total. The number of sulfonamides is 1. The van der Waals surface area contributed by atoms with E-state index in [1.54, 1.807) is 24.3 Å². The van der Waals surface area contributed by atoms with Gasteiger partial charge in [0.15, 0.2) is 0 Å². The van der Waals surface area contributed by atoms with Crippen molar-refractivity contribution in [2.24, 2.45) is 0 Å². The Morgan fingerprint density at radius 2 is 1.74 bits per heavy atom. The van der Waals surface area contributed by atoms with Crippen LogP contribution in [0.25, 0.3) is 0 Å². The van der Waals surface area contributed by atoms with E-state index in [-0.39, 0.29) is 24.3 Å². The number of carboxylic acids is 1. The van der Waals surface area contributed by atoms with Gasteiger partial charge in [-0.3, -0.25) is 4.79 Å². The highest BCUT2D eigenvalue weighted by atomic mass is 35.5. The van der Waals surface area contributed by atoms with E-state index in [4.69, 9.17) is 11.6 Å². The second-order valence-electron chi connectivity index (χ2n) is 5.98. The number of carboxylic acid groups (broad SMARTS) is 1. The number of hydrogen-bond donors (Lipinski definition) is 2. The Labute approximate surface area is 163 Å². The zero-order valence-corrected chi connectivity index (χ0v) is 16.0. The van der Waals surface area contributed by atoms with Crippen LogP contribution in [-0.2, 0) is 26.0 Å². The Morgan fingerprint density at radius 1 is 1.11 bits per heavy atom. The molecule has 0 saturated heterocycles. The minimum absolute atomic E-state index is 0.140. The Bertz CT molecular complexity index is 879. The number of benzene rings is 2. The van der Waals surface area contributed by atoms with Crippen LogP contribution in [0.3, 0.4) is 0 Å². The number of halogens is 1. The van der Waals surface area contributed by atoms with Gasteiger partial charge in [-0.15, -0.1) is 0 Å². The molecule has 0 amide bonds. The van der Waals surface area contributed by atoms with E-state index in [9.17, 15) is 23.1 Å². The Kier molecular flexibility index (Phi) is 7.53. The molecule has 0 aliphatic heterocycles. The third-order valence-corrected chi connectivity index (χ3v) is 5.81. The third kappa shape index (κ3) is 6.16. The first-order chi connectivity index (χ1) is 12.8. The number of hydrogen-bond acceptors (Lipinski definition) is 4. The fraction of sp³-hybridized carbons (Fsp3) is 0.263. The number of nitrogens with one attached hydrogen (secondary N) is 1. The molecule has 0 bridgehead atoms. The number of rotatable bonds is 10. The monoisotopic (exact) mass is 409 g/mol. The van der Waals surface area contributed by atoms with Gasteiger partial charge in [0.05, 0.1) is 10.8 Å². The molecule has 2 aromatic carbocycles. The quantitative estimate of drug-likeness (QED) is 0.587. The predicted octanol–water partition coefficient (Wildman–Crippen LogP) is 3.01. The van der Waals surface area contributed by atoms with Gasteiger partial charge in [-0.05, 0) is 48.2 Å². The lowest BCUT2D eigenvalue weighted by molar-refractivity contribution is -0.139. The summed E-state index contributed by atoms with van der Waals surface area (Å²) < 4.78 is 26.9. The maximum absolute atomic E-state index is 12.2. The molecular weight excluding hydrogens is 390 g/mol. The summed E-state index contributed by atoms with van der Waals surface area (Å²) in [5.74, 6) is -1.70. The van der Waals surface area contributed by atoms with E-state index in [2.05, 4.69) is 4.72 Å². The molecule has 2 N–H and O–H groups in total. The van der Waals surface area contributed by atoms with Gasteiger partial charge in [-0.25, -0.2) is 13.1 Å². The maximum Gasteiger partial charge on any atom is 0.310 e. The van der Waals surface area contributed by atoms with Crippen molar-refractivity contribution in [1.29, 1.82) is 0 Å².